The van der Waals surface area contributed by atoms with Crippen LogP contribution in [0.1, 0.15) is 11.1 Å². The average Bonchev–Trinajstić information content (AvgIpc) is 2.38. The van der Waals surface area contributed by atoms with Gasteiger partial charge in [0, 0.05) is 5.69 Å². The first kappa shape index (κ1) is 15.3. The van der Waals surface area contributed by atoms with E-state index in [0.717, 1.165) is 28.9 Å². The molecule has 6 heteroatoms. The van der Waals surface area contributed by atoms with Crippen molar-refractivity contribution in [2.45, 2.75) is 13.8 Å². The Balaban J connectivity index is 2.13. The highest BCUT2D eigenvalue weighted by Gasteiger charge is 2.14. The van der Waals surface area contributed by atoms with Crippen molar-refractivity contribution in [1.82, 2.24) is 0 Å². The van der Waals surface area contributed by atoms with Crippen molar-refractivity contribution >= 4 is 28.7 Å². The van der Waals surface area contributed by atoms with Crippen molar-refractivity contribution in [2.24, 2.45) is 0 Å². The Morgan fingerprint density at radius 1 is 0.905 bits per heavy atom. The van der Waals surface area contributed by atoms with E-state index in [2.05, 4.69) is 10.6 Å². The smallest absolute Gasteiger partial charge is 0.196 e. The molecule has 2 N–H and O–H groups in total. The lowest BCUT2D eigenvalue weighted by atomic mass is 10.1. The molecule has 21 heavy (non-hydrogen) atoms. The number of thiocarbonyl (C=S) groups is 1. The fourth-order valence-corrected chi connectivity index (χ4v) is 2.18. The van der Waals surface area contributed by atoms with Gasteiger partial charge in [0.2, 0.25) is 0 Å². The molecule has 0 heterocycles. The van der Waals surface area contributed by atoms with Gasteiger partial charge < -0.3 is 10.6 Å². The molecule has 0 aliphatic heterocycles. The van der Waals surface area contributed by atoms with E-state index >= 15 is 0 Å². The van der Waals surface area contributed by atoms with E-state index in [0.29, 0.717) is 0 Å². The van der Waals surface area contributed by atoms with Crippen LogP contribution in [-0.4, -0.2) is 5.11 Å². The third-order valence-electron chi connectivity index (χ3n) is 2.76. The van der Waals surface area contributed by atoms with Gasteiger partial charge in [-0.3, -0.25) is 0 Å². The van der Waals surface area contributed by atoms with Gasteiger partial charge in [-0.15, -0.1) is 0 Å². The predicted octanol–water partition coefficient (Wildman–Crippen LogP) is 4.53. The molecular formula is C15H13F3N2S. The van der Waals surface area contributed by atoms with Crippen molar-refractivity contribution in [1.29, 1.82) is 0 Å². The molecule has 0 saturated carbocycles. The van der Waals surface area contributed by atoms with Crippen LogP contribution in [0.3, 0.4) is 0 Å². The summed E-state index contributed by atoms with van der Waals surface area (Å²) < 4.78 is 39.5. The summed E-state index contributed by atoms with van der Waals surface area (Å²) in [5, 5.41) is 5.46. The summed E-state index contributed by atoms with van der Waals surface area (Å²) in [6.45, 7) is 3.87. The van der Waals surface area contributed by atoms with Crippen LogP contribution in [0.5, 0.6) is 0 Å². The Morgan fingerprint density at radius 2 is 1.52 bits per heavy atom. The average molecular weight is 310 g/mol. The molecule has 0 fully saturated rings. The Bertz CT molecular complexity index is 681. The van der Waals surface area contributed by atoms with Gasteiger partial charge in [-0.1, -0.05) is 6.07 Å². The van der Waals surface area contributed by atoms with E-state index < -0.39 is 17.5 Å². The zero-order valence-corrected chi connectivity index (χ0v) is 12.2. The van der Waals surface area contributed by atoms with Gasteiger partial charge in [0.05, 0.1) is 5.69 Å². The molecular weight excluding hydrogens is 297 g/mol. The second-order valence-electron chi connectivity index (χ2n) is 4.68. The lowest BCUT2D eigenvalue weighted by Crippen LogP contribution is -2.20. The summed E-state index contributed by atoms with van der Waals surface area (Å²) in [7, 11) is 0. The van der Waals surface area contributed by atoms with Crippen LogP contribution in [0.15, 0.2) is 30.3 Å². The molecule has 2 aromatic carbocycles. The van der Waals surface area contributed by atoms with E-state index in [1.54, 1.807) is 0 Å². The van der Waals surface area contributed by atoms with Crippen LogP contribution >= 0.6 is 12.2 Å². The maximum absolute atomic E-state index is 13.5. The maximum atomic E-state index is 13.5. The number of rotatable bonds is 2. The van der Waals surface area contributed by atoms with Crippen LogP contribution in [0.2, 0.25) is 0 Å². The predicted molar refractivity (Wildman–Crippen MR) is 82.1 cm³/mol. The molecule has 0 saturated heterocycles. The molecule has 2 nitrogen and oxygen atoms in total. The minimum Gasteiger partial charge on any atom is -0.332 e. The van der Waals surface area contributed by atoms with Crippen LogP contribution in [-0.2, 0) is 0 Å². The van der Waals surface area contributed by atoms with Crippen molar-refractivity contribution in [3.05, 3.63) is 58.9 Å². The maximum Gasteiger partial charge on any atom is 0.196 e. The quantitative estimate of drug-likeness (QED) is 0.629. The minimum absolute atomic E-state index is 0.0879. The number of anilines is 2. The van der Waals surface area contributed by atoms with Crippen molar-refractivity contribution in [3.63, 3.8) is 0 Å². The molecule has 0 unspecified atom stereocenters. The lowest BCUT2D eigenvalue weighted by Gasteiger charge is -2.12. The van der Waals surface area contributed by atoms with Gasteiger partial charge >= 0.3 is 0 Å². The van der Waals surface area contributed by atoms with Crippen molar-refractivity contribution in [2.75, 3.05) is 10.6 Å². The van der Waals surface area contributed by atoms with E-state index in [9.17, 15) is 13.2 Å². The topological polar surface area (TPSA) is 24.1 Å². The molecule has 0 amide bonds. The second kappa shape index (κ2) is 6.13. The summed E-state index contributed by atoms with van der Waals surface area (Å²) >= 11 is 5.04. The van der Waals surface area contributed by atoms with Gasteiger partial charge in [0.25, 0.3) is 0 Å². The molecule has 0 aliphatic rings. The Labute approximate surface area is 126 Å². The fourth-order valence-electron chi connectivity index (χ4n) is 1.95. The van der Waals surface area contributed by atoms with Gasteiger partial charge in [-0.2, -0.15) is 0 Å². The van der Waals surface area contributed by atoms with E-state index in [-0.39, 0.29) is 10.8 Å². The molecule has 0 aromatic heterocycles. The van der Waals surface area contributed by atoms with Crippen LogP contribution in [0.4, 0.5) is 24.5 Å². The fraction of sp³-hybridized carbons (Fsp3) is 0.133. The summed E-state index contributed by atoms with van der Waals surface area (Å²) in [5.41, 5.74) is 2.59. The van der Waals surface area contributed by atoms with Gasteiger partial charge in [0.1, 0.15) is 0 Å². The number of hydrogen-bond donors (Lipinski definition) is 2. The number of hydrogen-bond acceptors (Lipinski definition) is 1. The van der Waals surface area contributed by atoms with Crippen LogP contribution in [0.25, 0.3) is 0 Å². The zero-order valence-electron chi connectivity index (χ0n) is 11.4. The molecule has 0 radical (unpaired) electrons. The SMILES string of the molecule is Cc1cc(C)cc(NC(=S)Nc2ccc(F)c(F)c2F)c1. The standard InChI is InChI=1S/C15H13F3N2S/c1-8-5-9(2)7-10(6-8)19-15(21)20-12-4-3-11(16)13(17)14(12)18/h3-7H,1-2H3,(H2,19,20,21). The zero-order chi connectivity index (χ0) is 15.6. The highest BCUT2D eigenvalue weighted by Crippen LogP contribution is 2.20. The van der Waals surface area contributed by atoms with E-state index in [1.807, 2.05) is 32.0 Å². The Morgan fingerprint density at radius 3 is 2.14 bits per heavy atom. The van der Waals surface area contributed by atoms with Crippen LogP contribution < -0.4 is 10.6 Å². The molecule has 2 rings (SSSR count). The summed E-state index contributed by atoms with van der Waals surface area (Å²) in [5.74, 6) is -4.08. The number of halogens is 3. The summed E-state index contributed by atoms with van der Waals surface area (Å²) in [6.07, 6.45) is 0. The summed E-state index contributed by atoms with van der Waals surface area (Å²) in [4.78, 5) is 0. The Hall–Kier alpha value is -2.08. The summed E-state index contributed by atoms with van der Waals surface area (Å²) in [6, 6.07) is 7.64. The highest BCUT2D eigenvalue weighted by molar-refractivity contribution is 7.80. The first-order valence-electron chi connectivity index (χ1n) is 6.16. The molecule has 0 spiro atoms. The molecule has 0 bridgehead atoms. The van der Waals surface area contributed by atoms with Gasteiger partial charge in [-0.05, 0) is 61.5 Å². The minimum atomic E-state index is -1.53. The normalized spacial score (nSPS) is 10.3. The third kappa shape index (κ3) is 3.72. The third-order valence-corrected chi connectivity index (χ3v) is 2.97. The number of aryl methyl sites for hydroxylation is 2. The number of nitrogens with one attached hydrogen (secondary N) is 2. The Kier molecular flexibility index (Phi) is 4.47. The molecule has 110 valence electrons. The van der Waals surface area contributed by atoms with E-state index in [1.165, 1.54) is 0 Å². The largest absolute Gasteiger partial charge is 0.332 e. The molecule has 2 aromatic rings. The monoisotopic (exact) mass is 310 g/mol. The molecule has 0 aliphatic carbocycles. The van der Waals surface area contributed by atoms with Crippen LogP contribution in [0, 0.1) is 31.3 Å². The van der Waals surface area contributed by atoms with Gasteiger partial charge in [-0.25, -0.2) is 13.2 Å². The number of benzene rings is 2. The van der Waals surface area contributed by atoms with Crippen molar-refractivity contribution in [3.8, 4) is 0 Å². The lowest BCUT2D eigenvalue weighted by molar-refractivity contribution is 0.449. The van der Waals surface area contributed by atoms with E-state index in [4.69, 9.17) is 12.2 Å². The first-order valence-corrected chi connectivity index (χ1v) is 6.57. The highest BCUT2D eigenvalue weighted by atomic mass is 32.1. The van der Waals surface area contributed by atoms with Gasteiger partial charge in [0.15, 0.2) is 22.6 Å². The second-order valence-corrected chi connectivity index (χ2v) is 5.09. The first-order chi connectivity index (χ1) is 9.86. The molecule has 0 atom stereocenters. The van der Waals surface area contributed by atoms with Crippen molar-refractivity contribution < 1.29 is 13.2 Å².